The minimum Gasteiger partial charge on any atom is -0.481 e. The van der Waals surface area contributed by atoms with Crippen molar-refractivity contribution in [1.29, 1.82) is 0 Å². The molecule has 0 radical (unpaired) electrons. The summed E-state index contributed by atoms with van der Waals surface area (Å²) in [6.07, 6.45) is 0.0336. The van der Waals surface area contributed by atoms with Crippen LogP contribution in [0.4, 0.5) is 0 Å². The number of rotatable bonds is 6. The Bertz CT molecular complexity index is 449. The van der Waals surface area contributed by atoms with Crippen LogP contribution in [0.3, 0.4) is 0 Å². The maximum absolute atomic E-state index is 11.1. The maximum atomic E-state index is 11.1. The normalized spacial score (nSPS) is 13.9. The molecule has 0 aliphatic rings. The highest BCUT2D eigenvalue weighted by Crippen LogP contribution is 2.21. The van der Waals surface area contributed by atoms with Crippen molar-refractivity contribution in [3.8, 4) is 0 Å². The van der Waals surface area contributed by atoms with Crippen LogP contribution in [0.1, 0.15) is 12.0 Å². The third kappa shape index (κ3) is 4.01. The molecule has 0 aliphatic carbocycles. The van der Waals surface area contributed by atoms with E-state index in [2.05, 4.69) is 0 Å². The highest BCUT2D eigenvalue weighted by Gasteiger charge is 2.25. The fourth-order valence-electron chi connectivity index (χ4n) is 1.61. The summed E-state index contributed by atoms with van der Waals surface area (Å²) in [5, 5.41) is 18.2. The summed E-state index contributed by atoms with van der Waals surface area (Å²) in [6, 6.07) is 5.67. The first-order valence-corrected chi connectivity index (χ1v) is 5.74. The van der Waals surface area contributed by atoms with Gasteiger partial charge in [-0.05, 0) is 24.5 Å². The van der Waals surface area contributed by atoms with E-state index >= 15 is 0 Å². The van der Waals surface area contributed by atoms with E-state index in [0.29, 0.717) is 10.6 Å². The number of nitrogens with two attached hydrogens (primary N) is 1. The molecule has 2 atom stereocenters. The average Bonchev–Trinajstić information content (AvgIpc) is 2.30. The molecule has 0 spiro atoms. The summed E-state index contributed by atoms with van der Waals surface area (Å²) in [6.45, 7) is 0. The van der Waals surface area contributed by atoms with E-state index < -0.39 is 23.9 Å². The third-order valence-electron chi connectivity index (χ3n) is 2.63. The number of halogens is 1. The van der Waals surface area contributed by atoms with Crippen molar-refractivity contribution in [2.45, 2.75) is 18.9 Å². The van der Waals surface area contributed by atoms with E-state index in [1.165, 1.54) is 0 Å². The number of carboxylic acids is 2. The second-order valence-electron chi connectivity index (χ2n) is 4.01. The zero-order valence-electron chi connectivity index (χ0n) is 9.54. The number of benzene rings is 1. The number of hydrogen-bond donors (Lipinski definition) is 3. The Hall–Kier alpha value is -1.59. The van der Waals surface area contributed by atoms with E-state index in [-0.39, 0.29) is 12.8 Å². The van der Waals surface area contributed by atoms with Crippen LogP contribution < -0.4 is 5.73 Å². The largest absolute Gasteiger partial charge is 0.481 e. The molecular weight excluding hydrogens is 258 g/mol. The minimum atomic E-state index is -1.21. The van der Waals surface area contributed by atoms with E-state index in [1.807, 2.05) is 0 Å². The molecule has 0 amide bonds. The number of aliphatic carboxylic acids is 2. The fourth-order valence-corrected chi connectivity index (χ4v) is 1.82. The molecule has 0 bridgehead atoms. The highest BCUT2D eigenvalue weighted by molar-refractivity contribution is 6.31. The number of hydrogen-bond acceptors (Lipinski definition) is 3. The molecule has 0 saturated carbocycles. The zero-order valence-corrected chi connectivity index (χ0v) is 10.3. The van der Waals surface area contributed by atoms with Gasteiger partial charge in [-0.2, -0.15) is 0 Å². The number of carboxylic acid groups (broad SMARTS) is 2. The lowest BCUT2D eigenvalue weighted by Crippen LogP contribution is -2.35. The predicted molar refractivity (Wildman–Crippen MR) is 66.5 cm³/mol. The van der Waals surface area contributed by atoms with Crippen LogP contribution in [-0.2, 0) is 16.0 Å². The average molecular weight is 272 g/mol. The van der Waals surface area contributed by atoms with E-state index in [4.69, 9.17) is 27.5 Å². The molecule has 1 unspecified atom stereocenters. The summed E-state index contributed by atoms with van der Waals surface area (Å²) in [4.78, 5) is 21.7. The monoisotopic (exact) mass is 271 g/mol. The minimum absolute atomic E-state index is 0.129. The van der Waals surface area contributed by atoms with Crippen molar-refractivity contribution < 1.29 is 19.8 Å². The Balaban J connectivity index is 2.78. The van der Waals surface area contributed by atoms with Crippen LogP contribution in [0.25, 0.3) is 0 Å². The van der Waals surface area contributed by atoms with Gasteiger partial charge in [-0.1, -0.05) is 29.8 Å². The van der Waals surface area contributed by atoms with Crippen molar-refractivity contribution in [3.63, 3.8) is 0 Å². The summed E-state index contributed by atoms with van der Waals surface area (Å²) in [7, 11) is 0. The first kappa shape index (κ1) is 14.5. The smallest absolute Gasteiger partial charge is 0.320 e. The number of carbonyl (C=O) groups is 2. The van der Waals surface area contributed by atoms with Crippen LogP contribution in [-0.4, -0.2) is 28.2 Å². The third-order valence-corrected chi connectivity index (χ3v) is 3.00. The van der Waals surface area contributed by atoms with Gasteiger partial charge in [0.2, 0.25) is 0 Å². The quantitative estimate of drug-likeness (QED) is 0.726. The summed E-state index contributed by atoms with van der Waals surface area (Å²) in [5.74, 6) is -3.15. The van der Waals surface area contributed by atoms with Crippen LogP contribution in [0.15, 0.2) is 24.3 Å². The SMILES string of the molecule is N[C@@H](CC(Cc1ccccc1Cl)C(=O)O)C(=O)O. The van der Waals surface area contributed by atoms with Gasteiger partial charge >= 0.3 is 11.9 Å². The second-order valence-corrected chi connectivity index (χ2v) is 4.42. The maximum Gasteiger partial charge on any atom is 0.320 e. The van der Waals surface area contributed by atoms with Crippen LogP contribution in [0.2, 0.25) is 5.02 Å². The van der Waals surface area contributed by atoms with Crippen molar-refractivity contribution in [2.75, 3.05) is 0 Å². The second kappa shape index (κ2) is 6.37. The lowest BCUT2D eigenvalue weighted by Gasteiger charge is -2.15. The van der Waals surface area contributed by atoms with Crippen molar-refractivity contribution in [1.82, 2.24) is 0 Å². The summed E-state index contributed by atoms with van der Waals surface area (Å²) in [5.41, 5.74) is 6.02. The van der Waals surface area contributed by atoms with Gasteiger partial charge in [-0.25, -0.2) is 0 Å². The molecular formula is C12H14ClNO4. The standard InChI is InChI=1S/C12H14ClNO4/c13-9-4-2-1-3-7(9)5-8(11(15)16)6-10(14)12(17)18/h1-4,8,10H,5-6,14H2,(H,15,16)(H,17,18)/t8?,10-/m0/s1. The van der Waals surface area contributed by atoms with E-state index in [1.54, 1.807) is 24.3 Å². The first-order valence-electron chi connectivity index (χ1n) is 5.36. The van der Waals surface area contributed by atoms with E-state index in [9.17, 15) is 9.59 Å². The fraction of sp³-hybridized carbons (Fsp3) is 0.333. The lowest BCUT2D eigenvalue weighted by atomic mass is 9.93. The Morgan fingerprint density at radius 2 is 1.83 bits per heavy atom. The van der Waals surface area contributed by atoms with Crippen molar-refractivity contribution >= 4 is 23.5 Å². The van der Waals surface area contributed by atoms with Gasteiger partial charge in [0.25, 0.3) is 0 Å². The van der Waals surface area contributed by atoms with Gasteiger partial charge in [-0.15, -0.1) is 0 Å². The van der Waals surface area contributed by atoms with Gasteiger partial charge < -0.3 is 15.9 Å². The molecule has 0 fully saturated rings. The molecule has 6 heteroatoms. The van der Waals surface area contributed by atoms with Crippen molar-refractivity contribution in [2.24, 2.45) is 11.7 Å². The molecule has 18 heavy (non-hydrogen) atoms. The Morgan fingerprint density at radius 1 is 1.22 bits per heavy atom. The van der Waals surface area contributed by atoms with Gasteiger partial charge in [0.1, 0.15) is 6.04 Å². The molecule has 5 nitrogen and oxygen atoms in total. The summed E-state index contributed by atoms with van der Waals surface area (Å²) >= 11 is 5.93. The molecule has 0 saturated heterocycles. The molecule has 1 aromatic rings. The van der Waals surface area contributed by atoms with Gasteiger partial charge in [-0.3, -0.25) is 9.59 Å². The lowest BCUT2D eigenvalue weighted by molar-refractivity contribution is -0.143. The predicted octanol–water partition coefficient (Wildman–Crippen LogP) is 1.39. The molecule has 1 aromatic carbocycles. The molecule has 0 aliphatic heterocycles. The molecule has 0 aromatic heterocycles. The molecule has 4 N–H and O–H groups in total. The van der Waals surface area contributed by atoms with Crippen LogP contribution in [0.5, 0.6) is 0 Å². The van der Waals surface area contributed by atoms with Gasteiger partial charge in [0, 0.05) is 5.02 Å². The zero-order chi connectivity index (χ0) is 13.7. The van der Waals surface area contributed by atoms with Crippen LogP contribution >= 0.6 is 11.6 Å². The molecule has 0 heterocycles. The van der Waals surface area contributed by atoms with E-state index in [0.717, 1.165) is 0 Å². The first-order chi connectivity index (χ1) is 8.41. The Kier molecular flexibility index (Phi) is 5.12. The Labute approximate surface area is 109 Å². The summed E-state index contributed by atoms with van der Waals surface area (Å²) < 4.78 is 0. The van der Waals surface area contributed by atoms with Gasteiger partial charge in [0.15, 0.2) is 0 Å². The van der Waals surface area contributed by atoms with Crippen molar-refractivity contribution in [3.05, 3.63) is 34.9 Å². The topological polar surface area (TPSA) is 101 Å². The Morgan fingerprint density at radius 3 is 2.33 bits per heavy atom. The van der Waals surface area contributed by atoms with Crippen LogP contribution in [0, 0.1) is 5.92 Å². The van der Waals surface area contributed by atoms with Gasteiger partial charge in [0.05, 0.1) is 5.92 Å². The highest BCUT2D eigenvalue weighted by atomic mass is 35.5. The molecule has 1 rings (SSSR count). The molecule has 98 valence electrons.